The Morgan fingerprint density at radius 3 is 2.88 bits per heavy atom. The zero-order valence-electron chi connectivity index (χ0n) is 9.07. The van der Waals surface area contributed by atoms with Crippen LogP contribution in [0.5, 0.6) is 0 Å². The van der Waals surface area contributed by atoms with Gasteiger partial charge in [0.1, 0.15) is 12.4 Å². The second-order valence-corrected chi connectivity index (χ2v) is 3.77. The molecule has 0 saturated heterocycles. The number of nitrogens with two attached hydrogens (primary N) is 1. The Labute approximate surface area is 99.8 Å². The van der Waals surface area contributed by atoms with Crippen molar-refractivity contribution in [3.05, 3.63) is 35.6 Å². The van der Waals surface area contributed by atoms with Crippen molar-refractivity contribution in [2.45, 2.75) is 12.5 Å². The van der Waals surface area contributed by atoms with Gasteiger partial charge in [-0.15, -0.1) is 0 Å². The van der Waals surface area contributed by atoms with Crippen LogP contribution < -0.4 is 11.1 Å². The normalized spacial score (nSPS) is 11.9. The molecule has 1 atom stereocenters. The highest BCUT2D eigenvalue weighted by molar-refractivity contribution is 7.80. The van der Waals surface area contributed by atoms with Gasteiger partial charge in [0.25, 0.3) is 5.17 Å². The van der Waals surface area contributed by atoms with Crippen molar-refractivity contribution in [1.82, 2.24) is 5.32 Å². The molecule has 0 aliphatic heterocycles. The highest BCUT2D eigenvalue weighted by Gasteiger charge is 2.08. The molecule has 1 aromatic carbocycles. The van der Waals surface area contributed by atoms with E-state index >= 15 is 0 Å². The molecule has 0 aromatic heterocycles. The van der Waals surface area contributed by atoms with Crippen molar-refractivity contribution in [2.24, 2.45) is 5.73 Å². The number of benzene rings is 1. The van der Waals surface area contributed by atoms with Gasteiger partial charge in [0.2, 0.25) is 0 Å². The molecule has 0 aliphatic rings. The molecule has 3 N–H and O–H groups in total. The van der Waals surface area contributed by atoms with E-state index in [4.69, 9.17) is 22.7 Å². The standard InChI is InChI=1S/C11H15FN2OS/c1-14-11(16)15-7-9(13)6-8-4-2-3-5-10(8)12/h2-5,9H,6-7,13H2,1H3,(H,14,16). The summed E-state index contributed by atoms with van der Waals surface area (Å²) in [5, 5.41) is 2.97. The van der Waals surface area contributed by atoms with Gasteiger partial charge < -0.3 is 15.8 Å². The summed E-state index contributed by atoms with van der Waals surface area (Å²) in [7, 11) is 1.67. The number of hydrogen-bond acceptors (Lipinski definition) is 3. The molecular formula is C11H15FN2OS. The van der Waals surface area contributed by atoms with Crippen LogP contribution in [0.3, 0.4) is 0 Å². The van der Waals surface area contributed by atoms with Crippen molar-refractivity contribution in [1.29, 1.82) is 0 Å². The average molecular weight is 242 g/mol. The summed E-state index contributed by atoms with van der Waals surface area (Å²) in [6, 6.07) is 6.29. The van der Waals surface area contributed by atoms with Gasteiger partial charge >= 0.3 is 0 Å². The van der Waals surface area contributed by atoms with Crippen molar-refractivity contribution in [2.75, 3.05) is 13.7 Å². The Morgan fingerprint density at radius 1 is 1.56 bits per heavy atom. The topological polar surface area (TPSA) is 47.3 Å². The van der Waals surface area contributed by atoms with E-state index in [1.54, 1.807) is 25.2 Å². The van der Waals surface area contributed by atoms with E-state index in [0.29, 0.717) is 17.2 Å². The minimum atomic E-state index is -0.275. The lowest BCUT2D eigenvalue weighted by atomic mass is 10.1. The molecule has 0 heterocycles. The predicted octanol–water partition coefficient (Wildman–Crippen LogP) is 1.22. The smallest absolute Gasteiger partial charge is 0.256 e. The highest BCUT2D eigenvalue weighted by Crippen LogP contribution is 2.08. The maximum atomic E-state index is 13.3. The zero-order valence-corrected chi connectivity index (χ0v) is 9.89. The number of thiocarbonyl (C=S) groups is 1. The molecular weight excluding hydrogens is 227 g/mol. The summed E-state index contributed by atoms with van der Waals surface area (Å²) < 4.78 is 18.4. The molecule has 0 fully saturated rings. The summed E-state index contributed by atoms with van der Waals surface area (Å²) in [4.78, 5) is 0. The van der Waals surface area contributed by atoms with Crippen LogP contribution in [0.1, 0.15) is 5.56 Å². The maximum absolute atomic E-state index is 13.3. The molecule has 5 heteroatoms. The van der Waals surface area contributed by atoms with Gasteiger partial charge in [-0.3, -0.25) is 0 Å². The Morgan fingerprint density at radius 2 is 2.25 bits per heavy atom. The van der Waals surface area contributed by atoms with Crippen LogP contribution in [-0.2, 0) is 11.2 Å². The quantitative estimate of drug-likeness (QED) is 0.779. The molecule has 1 rings (SSSR count). The van der Waals surface area contributed by atoms with Crippen LogP contribution in [0, 0.1) is 5.82 Å². The van der Waals surface area contributed by atoms with Gasteiger partial charge in [0, 0.05) is 13.1 Å². The molecule has 0 saturated carbocycles. The van der Waals surface area contributed by atoms with E-state index in [0.717, 1.165) is 0 Å². The lowest BCUT2D eigenvalue weighted by Gasteiger charge is -2.13. The summed E-state index contributed by atoms with van der Waals surface area (Å²) >= 11 is 4.80. The largest absolute Gasteiger partial charge is 0.469 e. The molecule has 0 amide bonds. The van der Waals surface area contributed by atoms with Gasteiger partial charge in [-0.1, -0.05) is 18.2 Å². The van der Waals surface area contributed by atoms with Gasteiger partial charge in [-0.2, -0.15) is 0 Å². The van der Waals surface area contributed by atoms with E-state index in [9.17, 15) is 4.39 Å². The van der Waals surface area contributed by atoms with Crippen molar-refractivity contribution < 1.29 is 9.13 Å². The van der Waals surface area contributed by atoms with Gasteiger partial charge in [0.05, 0.1) is 0 Å². The first-order valence-electron chi connectivity index (χ1n) is 4.97. The minimum absolute atomic E-state index is 0.242. The average Bonchev–Trinajstić information content (AvgIpc) is 2.29. The number of rotatable bonds is 4. The molecule has 0 spiro atoms. The van der Waals surface area contributed by atoms with Crippen LogP contribution >= 0.6 is 12.2 Å². The summed E-state index contributed by atoms with van der Waals surface area (Å²) in [6.07, 6.45) is 0.430. The lowest BCUT2D eigenvalue weighted by Crippen LogP contribution is -2.32. The van der Waals surface area contributed by atoms with Crippen LogP contribution in [0.25, 0.3) is 0 Å². The van der Waals surface area contributed by atoms with Crippen LogP contribution in [0.15, 0.2) is 24.3 Å². The third-order valence-electron chi connectivity index (χ3n) is 2.07. The van der Waals surface area contributed by atoms with E-state index in [1.165, 1.54) is 6.07 Å². The minimum Gasteiger partial charge on any atom is -0.469 e. The van der Waals surface area contributed by atoms with E-state index in [2.05, 4.69) is 5.32 Å². The predicted molar refractivity (Wildman–Crippen MR) is 65.7 cm³/mol. The number of hydrogen-bond donors (Lipinski definition) is 2. The molecule has 16 heavy (non-hydrogen) atoms. The Kier molecular flexibility index (Phi) is 5.14. The Bertz CT molecular complexity index is 360. The second-order valence-electron chi connectivity index (χ2n) is 3.40. The van der Waals surface area contributed by atoms with E-state index in [1.807, 2.05) is 0 Å². The highest BCUT2D eigenvalue weighted by atomic mass is 32.1. The first kappa shape index (κ1) is 12.9. The van der Waals surface area contributed by atoms with E-state index < -0.39 is 0 Å². The van der Waals surface area contributed by atoms with Crippen molar-refractivity contribution >= 4 is 17.4 Å². The maximum Gasteiger partial charge on any atom is 0.256 e. The fraction of sp³-hybridized carbons (Fsp3) is 0.364. The first-order chi connectivity index (χ1) is 7.63. The molecule has 3 nitrogen and oxygen atoms in total. The van der Waals surface area contributed by atoms with E-state index in [-0.39, 0.29) is 18.5 Å². The lowest BCUT2D eigenvalue weighted by molar-refractivity contribution is 0.272. The van der Waals surface area contributed by atoms with Gasteiger partial charge in [-0.05, 0) is 30.3 Å². The van der Waals surface area contributed by atoms with Crippen LogP contribution in [0.4, 0.5) is 4.39 Å². The number of halogens is 1. The van der Waals surface area contributed by atoms with Gasteiger partial charge in [0.15, 0.2) is 0 Å². The monoisotopic (exact) mass is 242 g/mol. The van der Waals surface area contributed by atoms with Crippen molar-refractivity contribution in [3.8, 4) is 0 Å². The third-order valence-corrected chi connectivity index (χ3v) is 2.39. The molecule has 0 radical (unpaired) electrons. The SMILES string of the molecule is CNC(=S)OCC(N)Cc1ccccc1F. The summed E-state index contributed by atoms with van der Waals surface area (Å²) in [6.45, 7) is 0.272. The van der Waals surface area contributed by atoms with Crippen LogP contribution in [-0.4, -0.2) is 24.9 Å². The fourth-order valence-corrected chi connectivity index (χ4v) is 1.33. The first-order valence-corrected chi connectivity index (χ1v) is 5.37. The van der Waals surface area contributed by atoms with Gasteiger partial charge in [-0.25, -0.2) is 4.39 Å². The Balaban J connectivity index is 2.43. The molecule has 0 bridgehead atoms. The number of ether oxygens (including phenoxy) is 1. The molecule has 1 unspecified atom stereocenters. The van der Waals surface area contributed by atoms with Crippen molar-refractivity contribution in [3.63, 3.8) is 0 Å². The molecule has 1 aromatic rings. The summed E-state index contributed by atoms with van der Waals surface area (Å²) in [5.41, 5.74) is 6.39. The van der Waals surface area contributed by atoms with Crippen LogP contribution in [0.2, 0.25) is 0 Å². The third kappa shape index (κ3) is 4.12. The second kappa shape index (κ2) is 6.40. The molecule has 88 valence electrons. The molecule has 0 aliphatic carbocycles. The zero-order chi connectivity index (χ0) is 12.0. The fourth-order valence-electron chi connectivity index (χ4n) is 1.26. The number of nitrogens with one attached hydrogen (secondary N) is 1. The summed E-state index contributed by atoms with van der Waals surface area (Å²) in [5.74, 6) is -0.242. The Hall–Kier alpha value is -1.20.